The van der Waals surface area contributed by atoms with Crippen molar-refractivity contribution < 1.29 is 4.21 Å². The zero-order valence-electron chi connectivity index (χ0n) is 12.1. The lowest BCUT2D eigenvalue weighted by molar-refractivity contribution is 0.342. The van der Waals surface area contributed by atoms with E-state index in [4.69, 9.17) is 5.73 Å². The molecule has 0 heterocycles. The molecule has 0 aliphatic carbocycles. The molecule has 2 nitrogen and oxygen atoms in total. The van der Waals surface area contributed by atoms with Crippen molar-refractivity contribution in [2.75, 3.05) is 5.75 Å². The molecule has 1 aromatic carbocycles. The Kier molecular flexibility index (Phi) is 5.11. The van der Waals surface area contributed by atoms with Crippen LogP contribution >= 0.6 is 0 Å². The van der Waals surface area contributed by atoms with Crippen molar-refractivity contribution in [1.82, 2.24) is 0 Å². The van der Waals surface area contributed by atoms with Crippen LogP contribution in [-0.4, -0.2) is 16.0 Å². The third kappa shape index (κ3) is 4.91. The van der Waals surface area contributed by atoms with Gasteiger partial charge < -0.3 is 5.73 Å². The fraction of sp³-hybridized carbons (Fsp3) is 0.600. The molecule has 2 atom stereocenters. The molecule has 1 aromatic rings. The van der Waals surface area contributed by atoms with Crippen LogP contribution in [0.5, 0.6) is 0 Å². The summed E-state index contributed by atoms with van der Waals surface area (Å²) in [5.41, 5.74) is 9.68. The Morgan fingerprint density at radius 3 is 2.11 bits per heavy atom. The van der Waals surface area contributed by atoms with Gasteiger partial charge in [-0.25, -0.2) is 0 Å². The molecule has 1 rings (SSSR count). The summed E-state index contributed by atoms with van der Waals surface area (Å²) in [4.78, 5) is 0. The topological polar surface area (TPSA) is 43.1 Å². The highest BCUT2D eigenvalue weighted by Crippen LogP contribution is 2.19. The van der Waals surface area contributed by atoms with Crippen molar-refractivity contribution in [2.24, 2.45) is 11.1 Å². The van der Waals surface area contributed by atoms with E-state index >= 15 is 0 Å². The summed E-state index contributed by atoms with van der Waals surface area (Å²) in [6, 6.07) is 6.32. The molecule has 0 amide bonds. The Hall–Kier alpha value is -0.670. The van der Waals surface area contributed by atoms with Gasteiger partial charge in [0.25, 0.3) is 0 Å². The third-order valence-electron chi connectivity index (χ3n) is 3.09. The molecule has 3 heteroatoms. The number of hydrogen-bond acceptors (Lipinski definition) is 2. The first-order chi connectivity index (χ1) is 8.18. The molecule has 2 unspecified atom stereocenters. The van der Waals surface area contributed by atoms with E-state index < -0.39 is 10.8 Å². The number of hydrogen-bond donors (Lipinski definition) is 1. The van der Waals surface area contributed by atoms with Crippen LogP contribution in [0.2, 0.25) is 0 Å². The van der Waals surface area contributed by atoms with Crippen LogP contribution in [0.1, 0.15) is 37.5 Å². The lowest BCUT2D eigenvalue weighted by atomic mass is 9.89. The Bertz CT molecular complexity index is 414. The van der Waals surface area contributed by atoms with Crippen molar-refractivity contribution in [3.8, 4) is 0 Å². The summed E-state index contributed by atoms with van der Waals surface area (Å²) in [5.74, 6) is 1.17. The van der Waals surface area contributed by atoms with E-state index in [0.29, 0.717) is 11.5 Å². The van der Waals surface area contributed by atoms with Crippen molar-refractivity contribution in [2.45, 2.75) is 46.4 Å². The van der Waals surface area contributed by atoms with E-state index in [1.54, 1.807) is 0 Å². The van der Waals surface area contributed by atoms with E-state index in [0.717, 1.165) is 5.56 Å². The van der Waals surface area contributed by atoms with E-state index in [2.05, 4.69) is 52.8 Å². The first-order valence-electron chi connectivity index (χ1n) is 6.36. The maximum Gasteiger partial charge on any atom is 0.0486 e. The standard InChI is InChI=1S/C15H25NOS/c1-11-6-12(2)8-13(7-11)9-18(17)10-14(16)15(3,4)5/h6-8,14H,9-10,16H2,1-5H3. The van der Waals surface area contributed by atoms with Crippen LogP contribution in [0.25, 0.3) is 0 Å². The van der Waals surface area contributed by atoms with Crippen LogP contribution in [0.3, 0.4) is 0 Å². The quantitative estimate of drug-likeness (QED) is 0.911. The summed E-state index contributed by atoms with van der Waals surface area (Å²) in [7, 11) is -0.889. The van der Waals surface area contributed by atoms with Gasteiger partial charge in [-0.1, -0.05) is 50.1 Å². The molecule has 18 heavy (non-hydrogen) atoms. The predicted octanol–water partition coefficient (Wildman–Crippen LogP) is 2.93. The number of aryl methyl sites for hydroxylation is 2. The third-order valence-corrected chi connectivity index (χ3v) is 4.47. The van der Waals surface area contributed by atoms with Gasteiger partial charge in [0.2, 0.25) is 0 Å². The summed E-state index contributed by atoms with van der Waals surface area (Å²) < 4.78 is 12.1. The summed E-state index contributed by atoms with van der Waals surface area (Å²) in [6.07, 6.45) is 0. The van der Waals surface area contributed by atoms with Gasteiger partial charge in [-0.05, 0) is 24.8 Å². The SMILES string of the molecule is Cc1cc(C)cc(CS(=O)CC(N)C(C)(C)C)c1. The maximum absolute atomic E-state index is 12.1. The monoisotopic (exact) mass is 267 g/mol. The summed E-state index contributed by atoms with van der Waals surface area (Å²) >= 11 is 0. The molecule has 0 radical (unpaired) electrons. The van der Waals surface area contributed by atoms with Gasteiger partial charge in [0.1, 0.15) is 0 Å². The minimum absolute atomic E-state index is 0.0121. The number of rotatable bonds is 4. The Balaban J connectivity index is 2.65. The maximum atomic E-state index is 12.1. The van der Waals surface area contributed by atoms with Gasteiger partial charge in [-0.15, -0.1) is 0 Å². The Morgan fingerprint density at radius 2 is 1.67 bits per heavy atom. The lowest BCUT2D eigenvalue weighted by Crippen LogP contribution is -2.39. The Labute approximate surface area is 113 Å². The molecule has 2 N–H and O–H groups in total. The fourth-order valence-electron chi connectivity index (χ4n) is 1.85. The van der Waals surface area contributed by atoms with E-state index in [9.17, 15) is 4.21 Å². The van der Waals surface area contributed by atoms with Crippen LogP contribution < -0.4 is 5.73 Å². The number of benzene rings is 1. The molecule has 0 aliphatic rings. The number of nitrogens with two attached hydrogens (primary N) is 1. The smallest absolute Gasteiger partial charge is 0.0486 e. The highest BCUT2D eigenvalue weighted by molar-refractivity contribution is 7.84. The van der Waals surface area contributed by atoms with Crippen molar-refractivity contribution in [1.29, 1.82) is 0 Å². The summed E-state index contributed by atoms with van der Waals surface area (Å²) in [6.45, 7) is 10.4. The predicted molar refractivity (Wildman–Crippen MR) is 80.1 cm³/mol. The van der Waals surface area contributed by atoms with Crippen molar-refractivity contribution in [3.05, 3.63) is 34.9 Å². The van der Waals surface area contributed by atoms with Crippen LogP contribution in [0.4, 0.5) is 0 Å². The Morgan fingerprint density at radius 1 is 1.17 bits per heavy atom. The van der Waals surface area contributed by atoms with Gasteiger partial charge in [0, 0.05) is 28.3 Å². The highest BCUT2D eigenvalue weighted by Gasteiger charge is 2.22. The first-order valence-corrected chi connectivity index (χ1v) is 7.85. The molecule has 0 saturated heterocycles. The molecule has 102 valence electrons. The minimum Gasteiger partial charge on any atom is -0.326 e. The molecular formula is C15H25NOS. The largest absolute Gasteiger partial charge is 0.326 e. The first kappa shape index (κ1) is 15.4. The zero-order chi connectivity index (χ0) is 13.9. The van der Waals surface area contributed by atoms with E-state index in [1.807, 2.05) is 0 Å². The van der Waals surface area contributed by atoms with Crippen molar-refractivity contribution in [3.63, 3.8) is 0 Å². The van der Waals surface area contributed by atoms with Crippen molar-refractivity contribution >= 4 is 10.8 Å². The molecule has 0 aliphatic heterocycles. The normalized spacial score (nSPS) is 15.4. The van der Waals surface area contributed by atoms with Crippen LogP contribution in [0.15, 0.2) is 18.2 Å². The van der Waals surface area contributed by atoms with Crippen LogP contribution in [0, 0.1) is 19.3 Å². The molecule has 0 saturated carbocycles. The van der Waals surface area contributed by atoms with Gasteiger partial charge in [0.05, 0.1) is 0 Å². The van der Waals surface area contributed by atoms with E-state index in [-0.39, 0.29) is 11.5 Å². The molecule has 0 aromatic heterocycles. The van der Waals surface area contributed by atoms with E-state index in [1.165, 1.54) is 11.1 Å². The summed E-state index contributed by atoms with van der Waals surface area (Å²) in [5, 5.41) is 0. The minimum atomic E-state index is -0.889. The highest BCUT2D eigenvalue weighted by atomic mass is 32.2. The van der Waals surface area contributed by atoms with Gasteiger partial charge in [-0.3, -0.25) is 4.21 Å². The molecular weight excluding hydrogens is 242 g/mol. The second-order valence-electron chi connectivity index (χ2n) is 6.22. The second-order valence-corrected chi connectivity index (χ2v) is 7.72. The zero-order valence-corrected chi connectivity index (χ0v) is 12.9. The second kappa shape index (κ2) is 5.98. The molecule has 0 fully saturated rings. The average Bonchev–Trinajstić information content (AvgIpc) is 2.13. The van der Waals surface area contributed by atoms with Crippen LogP contribution in [-0.2, 0) is 16.6 Å². The fourth-order valence-corrected chi connectivity index (χ4v) is 3.40. The van der Waals surface area contributed by atoms with Gasteiger partial charge in [-0.2, -0.15) is 0 Å². The molecule has 0 spiro atoms. The van der Waals surface area contributed by atoms with Gasteiger partial charge in [0.15, 0.2) is 0 Å². The van der Waals surface area contributed by atoms with Gasteiger partial charge >= 0.3 is 0 Å². The molecule has 0 bridgehead atoms. The lowest BCUT2D eigenvalue weighted by Gasteiger charge is -2.26. The average molecular weight is 267 g/mol.